The van der Waals surface area contributed by atoms with Crippen LogP contribution in [0.5, 0.6) is 0 Å². The van der Waals surface area contributed by atoms with Crippen LogP contribution >= 0.6 is 11.8 Å². The van der Waals surface area contributed by atoms with Gasteiger partial charge in [0.05, 0.1) is 22.7 Å². The number of thioether (sulfide) groups is 1. The fourth-order valence-corrected chi connectivity index (χ4v) is 3.29. The number of benzene rings is 1. The SMILES string of the molecule is Cc1nnc(SCC(=O)Nc2ccc(C(F)(F)F)cc2N2CCCC2)o1. The number of hydrogen-bond acceptors (Lipinski definition) is 6. The number of nitrogens with zero attached hydrogens (tertiary/aromatic N) is 3. The third kappa shape index (κ3) is 4.48. The van der Waals surface area contributed by atoms with Crippen molar-refractivity contribution < 1.29 is 22.4 Å². The molecule has 3 rings (SSSR count). The number of alkyl halides is 3. The summed E-state index contributed by atoms with van der Waals surface area (Å²) in [5.41, 5.74) is 0.0321. The van der Waals surface area contributed by atoms with Gasteiger partial charge in [-0.05, 0) is 31.0 Å². The maximum absolute atomic E-state index is 13.0. The van der Waals surface area contributed by atoms with E-state index in [0.717, 1.165) is 36.7 Å². The average molecular weight is 386 g/mol. The van der Waals surface area contributed by atoms with Crippen LogP contribution in [0.3, 0.4) is 0 Å². The lowest BCUT2D eigenvalue weighted by Gasteiger charge is -2.23. The van der Waals surface area contributed by atoms with E-state index in [1.807, 2.05) is 4.90 Å². The van der Waals surface area contributed by atoms with E-state index in [1.54, 1.807) is 6.92 Å². The molecule has 0 atom stereocenters. The zero-order valence-electron chi connectivity index (χ0n) is 14.0. The van der Waals surface area contributed by atoms with E-state index in [0.29, 0.717) is 30.4 Å². The quantitative estimate of drug-likeness (QED) is 0.790. The minimum atomic E-state index is -4.43. The molecule has 1 fully saturated rings. The Bertz CT molecular complexity index is 788. The van der Waals surface area contributed by atoms with Gasteiger partial charge >= 0.3 is 6.18 Å². The van der Waals surface area contributed by atoms with Gasteiger partial charge in [0.1, 0.15) is 0 Å². The Morgan fingerprint density at radius 3 is 2.65 bits per heavy atom. The molecule has 2 heterocycles. The summed E-state index contributed by atoms with van der Waals surface area (Å²) in [6, 6.07) is 3.37. The molecular formula is C16H17F3N4O2S. The van der Waals surface area contributed by atoms with E-state index in [2.05, 4.69) is 15.5 Å². The van der Waals surface area contributed by atoms with Gasteiger partial charge in [-0.15, -0.1) is 10.2 Å². The first kappa shape index (κ1) is 18.6. The lowest BCUT2D eigenvalue weighted by Crippen LogP contribution is -2.22. The maximum atomic E-state index is 13.0. The second kappa shape index (κ2) is 7.56. The fourth-order valence-electron chi connectivity index (χ4n) is 2.68. The highest BCUT2D eigenvalue weighted by atomic mass is 32.2. The average Bonchev–Trinajstić information content (AvgIpc) is 3.24. The van der Waals surface area contributed by atoms with Crippen LogP contribution < -0.4 is 10.2 Å². The van der Waals surface area contributed by atoms with Crippen LogP contribution in [0.25, 0.3) is 0 Å². The minimum absolute atomic E-state index is 0.0160. The first-order valence-corrected chi connectivity index (χ1v) is 9.00. The van der Waals surface area contributed by atoms with Crippen LogP contribution in [0.2, 0.25) is 0 Å². The summed E-state index contributed by atoms with van der Waals surface area (Å²) in [6.45, 7) is 2.97. The normalized spacial score (nSPS) is 14.7. The third-order valence-electron chi connectivity index (χ3n) is 3.88. The Balaban J connectivity index is 1.74. The summed E-state index contributed by atoms with van der Waals surface area (Å²) >= 11 is 1.07. The molecule has 26 heavy (non-hydrogen) atoms. The van der Waals surface area contributed by atoms with Crippen LogP contribution in [-0.2, 0) is 11.0 Å². The Hall–Kier alpha value is -2.23. The summed E-state index contributed by atoms with van der Waals surface area (Å²) < 4.78 is 44.3. The van der Waals surface area contributed by atoms with Crippen molar-refractivity contribution in [1.29, 1.82) is 0 Å². The van der Waals surface area contributed by atoms with E-state index >= 15 is 0 Å². The lowest BCUT2D eigenvalue weighted by molar-refractivity contribution is -0.137. The van der Waals surface area contributed by atoms with Crippen molar-refractivity contribution in [2.45, 2.75) is 31.2 Å². The molecule has 0 unspecified atom stereocenters. The number of nitrogens with one attached hydrogen (secondary N) is 1. The van der Waals surface area contributed by atoms with Crippen molar-refractivity contribution in [2.75, 3.05) is 29.1 Å². The first-order chi connectivity index (χ1) is 12.3. The monoisotopic (exact) mass is 386 g/mol. The molecule has 1 saturated heterocycles. The standard InChI is InChI=1S/C16H17F3N4O2S/c1-10-21-22-15(25-10)26-9-14(24)20-12-5-4-11(16(17,18)19)8-13(12)23-6-2-3-7-23/h4-5,8H,2-3,6-7,9H2,1H3,(H,20,24). The summed E-state index contributed by atoms with van der Waals surface area (Å²) in [7, 11) is 0. The molecule has 0 radical (unpaired) electrons. The smallest absolute Gasteiger partial charge is 0.416 e. The molecule has 1 aliphatic rings. The summed E-state index contributed by atoms with van der Waals surface area (Å²) in [6.07, 6.45) is -2.60. The lowest BCUT2D eigenvalue weighted by atomic mass is 10.1. The molecule has 1 aliphatic heterocycles. The summed E-state index contributed by atoms with van der Waals surface area (Å²) in [5.74, 6) is 0.0558. The molecule has 0 aliphatic carbocycles. The van der Waals surface area contributed by atoms with Crippen molar-refractivity contribution in [3.8, 4) is 0 Å². The van der Waals surface area contributed by atoms with Crippen LogP contribution in [0.15, 0.2) is 27.8 Å². The highest BCUT2D eigenvalue weighted by Crippen LogP contribution is 2.37. The number of aromatic nitrogens is 2. The van der Waals surface area contributed by atoms with Gasteiger partial charge < -0.3 is 14.6 Å². The van der Waals surface area contributed by atoms with E-state index in [1.165, 1.54) is 6.07 Å². The molecule has 10 heteroatoms. The zero-order chi connectivity index (χ0) is 18.7. The van der Waals surface area contributed by atoms with Crippen molar-refractivity contribution in [2.24, 2.45) is 0 Å². The second-order valence-corrected chi connectivity index (χ2v) is 6.77. The molecule has 0 saturated carbocycles. The number of aryl methyl sites for hydroxylation is 1. The number of amides is 1. The molecule has 1 aromatic carbocycles. The van der Waals surface area contributed by atoms with Gasteiger partial charge in [-0.1, -0.05) is 11.8 Å². The number of carbonyl (C=O) groups excluding carboxylic acids is 1. The Labute approximate surface area is 152 Å². The predicted molar refractivity (Wildman–Crippen MR) is 91.3 cm³/mol. The van der Waals surface area contributed by atoms with Crippen LogP contribution in [-0.4, -0.2) is 34.9 Å². The highest BCUT2D eigenvalue weighted by molar-refractivity contribution is 7.99. The van der Waals surface area contributed by atoms with Crippen molar-refractivity contribution in [1.82, 2.24) is 10.2 Å². The minimum Gasteiger partial charge on any atom is -0.416 e. The predicted octanol–water partition coefficient (Wildman–Crippen LogP) is 3.73. The number of rotatable bonds is 5. The molecule has 6 nitrogen and oxygen atoms in total. The Morgan fingerprint density at radius 1 is 1.31 bits per heavy atom. The molecule has 0 bridgehead atoms. The molecule has 1 amide bonds. The second-order valence-electron chi connectivity index (χ2n) is 5.85. The molecule has 140 valence electrons. The third-order valence-corrected chi connectivity index (χ3v) is 4.70. The van der Waals surface area contributed by atoms with Crippen LogP contribution in [0.1, 0.15) is 24.3 Å². The van der Waals surface area contributed by atoms with Gasteiger partial charge in [-0.3, -0.25) is 4.79 Å². The fraction of sp³-hybridized carbons (Fsp3) is 0.438. The first-order valence-electron chi connectivity index (χ1n) is 8.02. The topological polar surface area (TPSA) is 71.3 Å². The number of anilines is 2. The van der Waals surface area contributed by atoms with Gasteiger partial charge in [0.2, 0.25) is 11.8 Å². The maximum Gasteiger partial charge on any atom is 0.416 e. The van der Waals surface area contributed by atoms with Crippen LogP contribution in [0.4, 0.5) is 24.5 Å². The molecule has 0 spiro atoms. The van der Waals surface area contributed by atoms with E-state index in [-0.39, 0.29) is 16.9 Å². The molecule has 1 N–H and O–H groups in total. The largest absolute Gasteiger partial charge is 0.416 e. The molecule has 2 aromatic rings. The number of carbonyl (C=O) groups is 1. The Kier molecular flexibility index (Phi) is 5.40. The van der Waals surface area contributed by atoms with Gasteiger partial charge in [0, 0.05) is 20.0 Å². The molecule has 1 aromatic heterocycles. The Morgan fingerprint density at radius 2 is 2.04 bits per heavy atom. The highest BCUT2D eigenvalue weighted by Gasteiger charge is 2.32. The molecular weight excluding hydrogens is 369 g/mol. The van der Waals surface area contributed by atoms with Gasteiger partial charge in [-0.25, -0.2) is 0 Å². The van der Waals surface area contributed by atoms with E-state index in [9.17, 15) is 18.0 Å². The van der Waals surface area contributed by atoms with E-state index in [4.69, 9.17) is 4.42 Å². The van der Waals surface area contributed by atoms with Crippen molar-refractivity contribution >= 4 is 29.0 Å². The summed E-state index contributed by atoms with van der Waals surface area (Å²) in [4.78, 5) is 14.0. The van der Waals surface area contributed by atoms with Crippen molar-refractivity contribution in [3.05, 3.63) is 29.7 Å². The summed E-state index contributed by atoms with van der Waals surface area (Å²) in [5, 5.41) is 10.4. The van der Waals surface area contributed by atoms with Crippen molar-refractivity contribution in [3.63, 3.8) is 0 Å². The van der Waals surface area contributed by atoms with Gasteiger partial charge in [0.15, 0.2) is 0 Å². The van der Waals surface area contributed by atoms with Gasteiger partial charge in [0.25, 0.3) is 5.22 Å². The number of hydrogen-bond donors (Lipinski definition) is 1. The van der Waals surface area contributed by atoms with Crippen LogP contribution in [0, 0.1) is 6.92 Å². The zero-order valence-corrected chi connectivity index (χ0v) is 14.8. The van der Waals surface area contributed by atoms with Gasteiger partial charge in [-0.2, -0.15) is 13.2 Å². The number of halogens is 3. The van der Waals surface area contributed by atoms with E-state index < -0.39 is 11.7 Å².